The lowest BCUT2D eigenvalue weighted by atomic mass is 10.0. The van der Waals surface area contributed by atoms with Gasteiger partial charge in [-0.05, 0) is 56.5 Å². The molecule has 2 N–H and O–H groups in total. The Morgan fingerprint density at radius 3 is 2.59 bits per heavy atom. The molecule has 0 unspecified atom stereocenters. The van der Waals surface area contributed by atoms with Gasteiger partial charge in [0.2, 0.25) is 0 Å². The van der Waals surface area contributed by atoms with Crippen LogP contribution in [0.4, 0.5) is 0 Å². The van der Waals surface area contributed by atoms with E-state index < -0.39 is 0 Å². The van der Waals surface area contributed by atoms with Crippen molar-refractivity contribution < 1.29 is 9.15 Å². The fourth-order valence-electron chi connectivity index (χ4n) is 3.57. The molecule has 1 saturated heterocycles. The molecule has 1 aliphatic rings. The summed E-state index contributed by atoms with van der Waals surface area (Å²) in [6.07, 6.45) is 4.83. The molecule has 3 rings (SSSR count). The van der Waals surface area contributed by atoms with Gasteiger partial charge in [0.15, 0.2) is 5.96 Å². The summed E-state index contributed by atoms with van der Waals surface area (Å²) in [5, 5.41) is 7.12. The highest BCUT2D eigenvalue weighted by Crippen LogP contribution is 2.14. The first-order chi connectivity index (χ1) is 14.1. The third-order valence-corrected chi connectivity index (χ3v) is 5.42. The summed E-state index contributed by atoms with van der Waals surface area (Å²) >= 11 is 0. The molecule has 0 aliphatic carbocycles. The molecule has 0 atom stereocenters. The van der Waals surface area contributed by atoms with Gasteiger partial charge in [0.1, 0.15) is 11.5 Å². The SMILES string of the molecule is COc1ccc(CN=C(NCCc2ccco2)NC2CCN(C(C)C)CC2)cc1. The smallest absolute Gasteiger partial charge is 0.191 e. The molecule has 1 aromatic heterocycles. The molecule has 1 fully saturated rings. The van der Waals surface area contributed by atoms with E-state index in [0.29, 0.717) is 18.6 Å². The van der Waals surface area contributed by atoms with Gasteiger partial charge in [-0.3, -0.25) is 0 Å². The molecule has 0 radical (unpaired) electrons. The van der Waals surface area contributed by atoms with Crippen LogP contribution in [0.1, 0.15) is 38.0 Å². The van der Waals surface area contributed by atoms with Crippen LogP contribution in [-0.4, -0.2) is 49.7 Å². The Hall–Kier alpha value is -2.47. The van der Waals surface area contributed by atoms with Crippen LogP contribution in [0.2, 0.25) is 0 Å². The zero-order chi connectivity index (χ0) is 20.5. The topological polar surface area (TPSA) is 62.0 Å². The Balaban J connectivity index is 1.57. The van der Waals surface area contributed by atoms with Crippen molar-refractivity contribution in [1.29, 1.82) is 0 Å². The third kappa shape index (κ3) is 6.82. The highest BCUT2D eigenvalue weighted by atomic mass is 16.5. The van der Waals surface area contributed by atoms with E-state index in [1.54, 1.807) is 13.4 Å². The number of hydrogen-bond acceptors (Lipinski definition) is 4. The molecule has 0 saturated carbocycles. The second-order valence-electron chi connectivity index (χ2n) is 7.82. The van der Waals surface area contributed by atoms with Gasteiger partial charge in [-0.15, -0.1) is 0 Å². The van der Waals surface area contributed by atoms with Crippen LogP contribution < -0.4 is 15.4 Å². The van der Waals surface area contributed by atoms with Crippen molar-refractivity contribution in [2.75, 3.05) is 26.7 Å². The standard InChI is InChI=1S/C23H34N4O2/c1-18(2)27-14-11-20(12-15-27)26-23(24-13-10-22-5-4-16-29-22)25-17-19-6-8-21(28-3)9-7-19/h4-9,16,18,20H,10-15,17H2,1-3H3,(H2,24,25,26). The van der Waals surface area contributed by atoms with Gasteiger partial charge in [-0.25, -0.2) is 4.99 Å². The van der Waals surface area contributed by atoms with E-state index in [2.05, 4.69) is 41.5 Å². The van der Waals surface area contributed by atoms with Crippen LogP contribution in [-0.2, 0) is 13.0 Å². The lowest BCUT2D eigenvalue weighted by Gasteiger charge is -2.35. The van der Waals surface area contributed by atoms with Gasteiger partial charge in [-0.2, -0.15) is 0 Å². The van der Waals surface area contributed by atoms with Gasteiger partial charge < -0.3 is 24.7 Å². The van der Waals surface area contributed by atoms with Gasteiger partial charge in [0.25, 0.3) is 0 Å². The maximum absolute atomic E-state index is 5.43. The van der Waals surface area contributed by atoms with E-state index in [1.165, 1.54) is 0 Å². The second-order valence-corrected chi connectivity index (χ2v) is 7.82. The average molecular weight is 399 g/mol. The number of hydrogen-bond donors (Lipinski definition) is 2. The Labute approximate surface area is 174 Å². The third-order valence-electron chi connectivity index (χ3n) is 5.42. The number of rotatable bonds is 8. The number of furan rings is 1. The van der Waals surface area contributed by atoms with Crippen molar-refractivity contribution in [3.63, 3.8) is 0 Å². The molecule has 29 heavy (non-hydrogen) atoms. The van der Waals surface area contributed by atoms with Gasteiger partial charge >= 0.3 is 0 Å². The molecule has 0 amide bonds. The van der Waals surface area contributed by atoms with Crippen LogP contribution in [0, 0.1) is 0 Å². The fraction of sp³-hybridized carbons (Fsp3) is 0.522. The number of guanidine groups is 1. The van der Waals surface area contributed by atoms with Crippen molar-refractivity contribution in [2.24, 2.45) is 4.99 Å². The van der Waals surface area contributed by atoms with Gasteiger partial charge in [0, 0.05) is 38.1 Å². The fourth-order valence-corrected chi connectivity index (χ4v) is 3.57. The maximum atomic E-state index is 5.43. The highest BCUT2D eigenvalue weighted by Gasteiger charge is 2.21. The van der Waals surface area contributed by atoms with E-state index in [4.69, 9.17) is 14.1 Å². The minimum atomic E-state index is 0.454. The van der Waals surface area contributed by atoms with Crippen molar-refractivity contribution in [3.05, 3.63) is 54.0 Å². The lowest BCUT2D eigenvalue weighted by Crippen LogP contribution is -2.50. The largest absolute Gasteiger partial charge is 0.497 e. The minimum absolute atomic E-state index is 0.454. The number of ether oxygens (including phenoxy) is 1. The molecule has 2 aromatic rings. The Kier molecular flexibility index (Phi) is 7.99. The predicted molar refractivity (Wildman–Crippen MR) is 117 cm³/mol. The lowest BCUT2D eigenvalue weighted by molar-refractivity contribution is 0.167. The van der Waals surface area contributed by atoms with Crippen molar-refractivity contribution in [3.8, 4) is 5.75 Å². The number of benzene rings is 1. The van der Waals surface area contributed by atoms with E-state index >= 15 is 0 Å². The second kappa shape index (κ2) is 10.9. The Morgan fingerprint density at radius 2 is 1.97 bits per heavy atom. The molecule has 0 bridgehead atoms. The number of aliphatic imine (C=N–C) groups is 1. The molecule has 1 aromatic carbocycles. The van der Waals surface area contributed by atoms with Crippen LogP contribution in [0.25, 0.3) is 0 Å². The molecule has 0 spiro atoms. The minimum Gasteiger partial charge on any atom is -0.497 e. The van der Waals surface area contributed by atoms with E-state index in [9.17, 15) is 0 Å². The average Bonchev–Trinajstić information content (AvgIpc) is 3.26. The van der Waals surface area contributed by atoms with Crippen LogP contribution in [0.5, 0.6) is 5.75 Å². The summed E-state index contributed by atoms with van der Waals surface area (Å²) in [7, 11) is 1.68. The molecular formula is C23H34N4O2. The first-order valence-electron chi connectivity index (χ1n) is 10.6. The summed E-state index contributed by atoms with van der Waals surface area (Å²) in [6.45, 7) is 8.22. The first-order valence-corrected chi connectivity index (χ1v) is 10.6. The summed E-state index contributed by atoms with van der Waals surface area (Å²) < 4.78 is 10.7. The predicted octanol–water partition coefficient (Wildman–Crippen LogP) is 3.44. The summed E-state index contributed by atoms with van der Waals surface area (Å²) in [5.41, 5.74) is 1.16. The Morgan fingerprint density at radius 1 is 1.21 bits per heavy atom. The normalized spacial score (nSPS) is 16.2. The number of likely N-dealkylation sites (tertiary alicyclic amines) is 1. The van der Waals surface area contributed by atoms with Crippen LogP contribution >= 0.6 is 0 Å². The van der Waals surface area contributed by atoms with Crippen LogP contribution in [0.15, 0.2) is 52.1 Å². The molecule has 1 aliphatic heterocycles. The zero-order valence-electron chi connectivity index (χ0n) is 17.9. The summed E-state index contributed by atoms with van der Waals surface area (Å²) in [6, 6.07) is 13.1. The van der Waals surface area contributed by atoms with Gasteiger partial charge in [-0.1, -0.05) is 12.1 Å². The number of nitrogens with one attached hydrogen (secondary N) is 2. The van der Waals surface area contributed by atoms with Gasteiger partial charge in [0.05, 0.1) is 19.9 Å². The summed E-state index contributed by atoms with van der Waals surface area (Å²) in [4.78, 5) is 7.36. The van der Waals surface area contributed by atoms with Crippen molar-refractivity contribution in [2.45, 2.75) is 51.7 Å². The van der Waals surface area contributed by atoms with E-state index in [1.807, 2.05) is 24.3 Å². The number of methoxy groups -OCH3 is 1. The van der Waals surface area contributed by atoms with E-state index in [0.717, 1.165) is 61.9 Å². The zero-order valence-corrected chi connectivity index (χ0v) is 17.9. The maximum Gasteiger partial charge on any atom is 0.191 e. The quantitative estimate of drug-likeness (QED) is 0.527. The summed E-state index contributed by atoms with van der Waals surface area (Å²) in [5.74, 6) is 2.72. The Bertz CT molecular complexity index is 733. The number of nitrogens with zero attached hydrogens (tertiary/aromatic N) is 2. The highest BCUT2D eigenvalue weighted by molar-refractivity contribution is 5.80. The molecule has 2 heterocycles. The molecular weight excluding hydrogens is 364 g/mol. The van der Waals surface area contributed by atoms with Crippen molar-refractivity contribution in [1.82, 2.24) is 15.5 Å². The molecule has 6 heteroatoms. The molecule has 6 nitrogen and oxygen atoms in total. The van der Waals surface area contributed by atoms with Crippen molar-refractivity contribution >= 4 is 5.96 Å². The van der Waals surface area contributed by atoms with E-state index in [-0.39, 0.29) is 0 Å². The molecule has 158 valence electrons. The van der Waals surface area contributed by atoms with Crippen LogP contribution in [0.3, 0.4) is 0 Å². The monoisotopic (exact) mass is 398 g/mol. The first kappa shape index (κ1) is 21.2. The number of piperidine rings is 1.